The number of likely N-dealkylation sites (N-methyl/N-ethyl adjacent to an activating group) is 1. The van der Waals surface area contributed by atoms with Crippen LogP contribution in [0.4, 0.5) is 0 Å². The Hall–Kier alpha value is -2.28. The molecule has 2 aliphatic heterocycles. The zero-order valence-electron chi connectivity index (χ0n) is 15.7. The molecule has 0 spiro atoms. The van der Waals surface area contributed by atoms with E-state index in [0.29, 0.717) is 6.54 Å². The van der Waals surface area contributed by atoms with E-state index in [1.165, 1.54) is 6.07 Å². The maximum absolute atomic E-state index is 13.2. The first kappa shape index (κ1) is 18.5. The number of phenols is 2. The second kappa shape index (κ2) is 6.46. The fraction of sp³-hybridized carbons (Fsp3) is 0.579. The van der Waals surface area contributed by atoms with Crippen LogP contribution < -0.4 is 10.6 Å². The summed E-state index contributed by atoms with van der Waals surface area (Å²) in [5, 5.41) is 25.6. The lowest BCUT2D eigenvalue weighted by Crippen LogP contribution is -2.52. The maximum Gasteiger partial charge on any atom is 0.246 e. The number of hydrogen-bond acceptors (Lipinski definition) is 5. The maximum atomic E-state index is 13.2. The number of hydrogen-bond donors (Lipinski definition) is 4. The van der Waals surface area contributed by atoms with Gasteiger partial charge in [0.2, 0.25) is 11.8 Å². The average molecular weight is 361 g/mol. The summed E-state index contributed by atoms with van der Waals surface area (Å²) in [4.78, 5) is 27.3. The van der Waals surface area contributed by atoms with E-state index in [9.17, 15) is 19.8 Å². The SMILES string of the molecule is CN[C@@H](C)C(=O)N[C@H]1Cc2cc(O)c(O)cc2[C@H]2CC(C)(C)CN2C1=O. The first-order valence-corrected chi connectivity index (χ1v) is 8.96. The second-order valence-corrected chi connectivity index (χ2v) is 8.17. The van der Waals surface area contributed by atoms with Gasteiger partial charge < -0.3 is 25.7 Å². The average Bonchev–Trinajstić information content (AvgIpc) is 2.86. The molecule has 7 nitrogen and oxygen atoms in total. The minimum Gasteiger partial charge on any atom is -0.504 e. The summed E-state index contributed by atoms with van der Waals surface area (Å²) in [6.45, 7) is 6.53. The van der Waals surface area contributed by atoms with E-state index in [0.717, 1.165) is 17.5 Å². The summed E-state index contributed by atoms with van der Waals surface area (Å²) >= 11 is 0. The predicted molar refractivity (Wildman–Crippen MR) is 96.8 cm³/mol. The van der Waals surface area contributed by atoms with E-state index in [-0.39, 0.29) is 41.2 Å². The molecule has 0 unspecified atom stereocenters. The van der Waals surface area contributed by atoms with Crippen molar-refractivity contribution in [3.05, 3.63) is 23.3 Å². The minimum absolute atomic E-state index is 0.0603. The van der Waals surface area contributed by atoms with Crippen LogP contribution >= 0.6 is 0 Å². The van der Waals surface area contributed by atoms with Crippen molar-refractivity contribution in [3.63, 3.8) is 0 Å². The Kier molecular flexibility index (Phi) is 4.60. The summed E-state index contributed by atoms with van der Waals surface area (Å²) < 4.78 is 0. The number of rotatable bonds is 3. The van der Waals surface area contributed by atoms with Gasteiger partial charge in [0.05, 0.1) is 12.1 Å². The number of amides is 2. The molecule has 0 saturated carbocycles. The van der Waals surface area contributed by atoms with Gasteiger partial charge in [0, 0.05) is 13.0 Å². The molecular formula is C19H27N3O4. The smallest absolute Gasteiger partial charge is 0.246 e. The van der Waals surface area contributed by atoms with Gasteiger partial charge in [0.25, 0.3) is 0 Å². The summed E-state index contributed by atoms with van der Waals surface area (Å²) in [5.41, 5.74) is 1.56. The van der Waals surface area contributed by atoms with E-state index >= 15 is 0 Å². The van der Waals surface area contributed by atoms with Gasteiger partial charge in [-0.1, -0.05) is 13.8 Å². The standard InChI is InChI=1S/C19H27N3O4/c1-10(20-4)17(25)21-13-5-11-6-15(23)16(24)7-12(11)14-8-19(2,3)9-22(14)18(13)26/h6-7,10,13-14,20,23-24H,5,8-9H2,1-4H3,(H,21,25)/t10-,13-,14+/m0/s1. The number of nitrogens with one attached hydrogen (secondary N) is 2. The van der Waals surface area contributed by atoms with Crippen LogP contribution in [-0.4, -0.2) is 52.6 Å². The highest BCUT2D eigenvalue weighted by Gasteiger charge is 2.46. The molecule has 1 aromatic carbocycles. The molecule has 2 aliphatic rings. The Bertz CT molecular complexity index is 747. The largest absolute Gasteiger partial charge is 0.504 e. The number of fused-ring (bicyclic) bond motifs is 3. The van der Waals surface area contributed by atoms with Gasteiger partial charge in [-0.05, 0) is 49.1 Å². The number of carbonyl (C=O) groups is 2. The molecule has 2 amide bonds. The summed E-state index contributed by atoms with van der Waals surface area (Å²) in [6, 6.07) is 1.79. The van der Waals surface area contributed by atoms with Gasteiger partial charge in [0.1, 0.15) is 6.04 Å². The molecule has 142 valence electrons. The van der Waals surface area contributed by atoms with Crippen LogP contribution in [0.15, 0.2) is 12.1 Å². The van der Waals surface area contributed by atoms with E-state index in [2.05, 4.69) is 24.5 Å². The molecule has 0 aliphatic carbocycles. The fourth-order valence-corrected chi connectivity index (χ4v) is 3.95. The van der Waals surface area contributed by atoms with Crippen LogP contribution in [0.2, 0.25) is 0 Å². The van der Waals surface area contributed by atoms with Gasteiger partial charge in [0.15, 0.2) is 11.5 Å². The fourth-order valence-electron chi connectivity index (χ4n) is 3.95. The van der Waals surface area contributed by atoms with E-state index in [4.69, 9.17) is 0 Å². The molecule has 0 bridgehead atoms. The number of carbonyl (C=O) groups excluding carboxylic acids is 2. The zero-order valence-corrected chi connectivity index (χ0v) is 15.7. The van der Waals surface area contributed by atoms with Crippen molar-refractivity contribution < 1.29 is 19.8 Å². The van der Waals surface area contributed by atoms with Gasteiger partial charge >= 0.3 is 0 Å². The normalized spacial score (nSPS) is 25.2. The highest BCUT2D eigenvalue weighted by atomic mass is 16.3. The van der Waals surface area contributed by atoms with E-state index in [1.807, 2.05) is 0 Å². The second-order valence-electron chi connectivity index (χ2n) is 8.17. The van der Waals surface area contributed by atoms with Crippen molar-refractivity contribution >= 4 is 11.8 Å². The van der Waals surface area contributed by atoms with Gasteiger partial charge in [-0.2, -0.15) is 0 Å². The number of aromatic hydroxyl groups is 2. The highest BCUT2D eigenvalue weighted by Crippen LogP contribution is 2.47. The predicted octanol–water partition coefficient (Wildman–Crippen LogP) is 1.05. The number of benzene rings is 1. The van der Waals surface area contributed by atoms with Crippen molar-refractivity contribution in [2.75, 3.05) is 13.6 Å². The summed E-state index contributed by atoms with van der Waals surface area (Å²) in [6.07, 6.45) is 1.06. The van der Waals surface area contributed by atoms with Crippen LogP contribution in [0.1, 0.15) is 44.4 Å². The van der Waals surface area contributed by atoms with Crippen molar-refractivity contribution in [1.29, 1.82) is 0 Å². The number of nitrogens with zero attached hydrogens (tertiary/aromatic N) is 1. The minimum atomic E-state index is -0.695. The third kappa shape index (κ3) is 3.23. The third-order valence-corrected chi connectivity index (χ3v) is 5.46. The molecule has 7 heteroatoms. The van der Waals surface area contributed by atoms with Crippen molar-refractivity contribution in [1.82, 2.24) is 15.5 Å². The summed E-state index contributed by atoms with van der Waals surface area (Å²) in [5.74, 6) is -0.762. The van der Waals surface area contributed by atoms with Crippen LogP contribution in [0, 0.1) is 5.41 Å². The van der Waals surface area contributed by atoms with Gasteiger partial charge in [-0.15, -0.1) is 0 Å². The molecule has 4 N–H and O–H groups in total. The third-order valence-electron chi connectivity index (χ3n) is 5.46. The van der Waals surface area contributed by atoms with Crippen LogP contribution in [0.25, 0.3) is 0 Å². The molecule has 1 fully saturated rings. The molecule has 1 saturated heterocycles. The Morgan fingerprint density at radius 2 is 1.96 bits per heavy atom. The molecule has 3 rings (SSSR count). The molecule has 2 heterocycles. The Balaban J connectivity index is 2.01. The van der Waals surface area contributed by atoms with Crippen molar-refractivity contribution in [2.45, 2.75) is 51.7 Å². The lowest BCUT2D eigenvalue weighted by molar-refractivity contribution is -0.137. The number of phenolic OH excluding ortho intramolecular Hbond substituents is 2. The first-order chi connectivity index (χ1) is 12.1. The molecule has 1 aromatic rings. The summed E-state index contributed by atoms with van der Waals surface area (Å²) in [7, 11) is 1.69. The molecule has 0 radical (unpaired) electrons. The molecule has 3 atom stereocenters. The monoisotopic (exact) mass is 361 g/mol. The zero-order chi connectivity index (χ0) is 19.2. The van der Waals surface area contributed by atoms with E-state index < -0.39 is 12.1 Å². The molecular weight excluding hydrogens is 334 g/mol. The topological polar surface area (TPSA) is 102 Å². The van der Waals surface area contributed by atoms with Gasteiger partial charge in [-0.3, -0.25) is 9.59 Å². The molecule has 26 heavy (non-hydrogen) atoms. The first-order valence-electron chi connectivity index (χ1n) is 8.96. The highest BCUT2D eigenvalue weighted by molar-refractivity contribution is 5.90. The Morgan fingerprint density at radius 3 is 2.62 bits per heavy atom. The lowest BCUT2D eigenvalue weighted by Gasteiger charge is -2.27. The van der Waals surface area contributed by atoms with Gasteiger partial charge in [-0.25, -0.2) is 0 Å². The Labute approximate surface area is 153 Å². The van der Waals surface area contributed by atoms with Crippen molar-refractivity contribution in [3.8, 4) is 11.5 Å². The van der Waals surface area contributed by atoms with Crippen molar-refractivity contribution in [2.24, 2.45) is 5.41 Å². The lowest BCUT2D eigenvalue weighted by atomic mass is 9.86. The van der Waals surface area contributed by atoms with Crippen LogP contribution in [-0.2, 0) is 16.0 Å². The van der Waals surface area contributed by atoms with E-state index in [1.54, 1.807) is 24.9 Å². The molecule has 0 aromatic heterocycles. The van der Waals surface area contributed by atoms with Crippen LogP contribution in [0.5, 0.6) is 11.5 Å². The van der Waals surface area contributed by atoms with Crippen LogP contribution in [0.3, 0.4) is 0 Å². The Morgan fingerprint density at radius 1 is 1.31 bits per heavy atom. The quantitative estimate of drug-likeness (QED) is 0.603.